The number of hydrogen-bond acceptors (Lipinski definition) is 5. The van der Waals surface area contributed by atoms with Crippen molar-refractivity contribution in [3.05, 3.63) is 35.4 Å². The summed E-state index contributed by atoms with van der Waals surface area (Å²) in [5.74, 6) is 1.90. The number of nitrogen functional groups attached to an aromatic ring is 1. The van der Waals surface area contributed by atoms with E-state index in [9.17, 15) is 0 Å². The third-order valence-electron chi connectivity index (χ3n) is 5.29. The summed E-state index contributed by atoms with van der Waals surface area (Å²) in [6, 6.07) is 8.78. The summed E-state index contributed by atoms with van der Waals surface area (Å²) in [4.78, 5) is 11.4. The average molecular weight is 309 g/mol. The van der Waals surface area contributed by atoms with Gasteiger partial charge in [-0.3, -0.25) is 0 Å². The van der Waals surface area contributed by atoms with E-state index in [1.165, 1.54) is 30.6 Å². The molecule has 2 aliphatic rings. The molecule has 3 atom stereocenters. The first kappa shape index (κ1) is 14.5. The van der Waals surface area contributed by atoms with Gasteiger partial charge in [0.1, 0.15) is 5.82 Å². The number of nitrogens with two attached hydrogens (primary N) is 1. The number of hydrogen-bond donors (Lipinski definition) is 2. The molecular weight excluding hydrogens is 286 g/mol. The number of anilines is 2. The fourth-order valence-electron chi connectivity index (χ4n) is 3.84. The Bertz CT molecular complexity index is 742. The van der Waals surface area contributed by atoms with Gasteiger partial charge in [-0.15, -0.1) is 0 Å². The van der Waals surface area contributed by atoms with Crippen LogP contribution in [0.25, 0.3) is 11.3 Å². The molecule has 5 nitrogen and oxygen atoms in total. The average Bonchev–Trinajstić information content (AvgIpc) is 3.12. The van der Waals surface area contributed by atoms with Crippen LogP contribution in [-0.4, -0.2) is 40.5 Å². The largest absolute Gasteiger partial charge is 0.368 e. The fraction of sp³-hybridized carbons (Fsp3) is 0.444. The predicted octanol–water partition coefficient (Wildman–Crippen LogP) is 2.46. The molecule has 0 radical (unpaired) electrons. The van der Waals surface area contributed by atoms with Crippen molar-refractivity contribution in [1.29, 1.82) is 0 Å². The zero-order chi connectivity index (χ0) is 16.0. The molecule has 23 heavy (non-hydrogen) atoms. The lowest BCUT2D eigenvalue weighted by atomic mass is 9.99. The first-order valence-electron chi connectivity index (χ1n) is 8.30. The topological polar surface area (TPSA) is 67.1 Å². The van der Waals surface area contributed by atoms with Crippen molar-refractivity contribution in [2.45, 2.75) is 26.3 Å². The first-order chi connectivity index (χ1) is 11.1. The van der Waals surface area contributed by atoms with Crippen LogP contribution in [0.5, 0.6) is 0 Å². The van der Waals surface area contributed by atoms with Crippen molar-refractivity contribution in [3.63, 3.8) is 0 Å². The summed E-state index contributed by atoms with van der Waals surface area (Å²) in [5, 5.41) is 3.58. The maximum atomic E-state index is 5.96. The van der Waals surface area contributed by atoms with E-state index in [0.29, 0.717) is 12.0 Å². The zero-order valence-corrected chi connectivity index (χ0v) is 13.7. The number of fused-ring (bicyclic) bond motifs is 2. The van der Waals surface area contributed by atoms with E-state index in [2.05, 4.69) is 52.2 Å². The number of benzene rings is 1. The van der Waals surface area contributed by atoms with E-state index >= 15 is 0 Å². The van der Waals surface area contributed by atoms with Gasteiger partial charge in [-0.1, -0.05) is 18.2 Å². The van der Waals surface area contributed by atoms with Gasteiger partial charge < -0.3 is 16.0 Å². The minimum atomic E-state index is 0.328. The van der Waals surface area contributed by atoms with Gasteiger partial charge in [-0.2, -0.15) is 4.98 Å². The SMILES string of the molecule is Cc1cccc(-c2cc(NC3CN4CCC3C4)nc(N)n2)c1C. The van der Waals surface area contributed by atoms with Crippen molar-refractivity contribution in [2.75, 3.05) is 30.7 Å². The number of nitrogens with one attached hydrogen (secondary N) is 1. The van der Waals surface area contributed by atoms with Crippen LogP contribution >= 0.6 is 0 Å². The van der Waals surface area contributed by atoms with Gasteiger partial charge in [-0.05, 0) is 43.9 Å². The van der Waals surface area contributed by atoms with Crippen molar-refractivity contribution >= 4 is 11.8 Å². The molecule has 5 heteroatoms. The second kappa shape index (κ2) is 5.49. The van der Waals surface area contributed by atoms with Crippen molar-refractivity contribution < 1.29 is 0 Å². The van der Waals surface area contributed by atoms with Crippen LogP contribution in [0, 0.1) is 19.8 Å². The molecule has 2 aromatic rings. The smallest absolute Gasteiger partial charge is 0.222 e. The molecule has 2 saturated heterocycles. The second-order valence-electron chi connectivity index (χ2n) is 6.80. The highest BCUT2D eigenvalue weighted by atomic mass is 15.2. The Labute approximate surface area is 136 Å². The summed E-state index contributed by atoms with van der Waals surface area (Å²) in [6.07, 6.45) is 1.28. The van der Waals surface area contributed by atoms with E-state index < -0.39 is 0 Å². The van der Waals surface area contributed by atoms with E-state index in [4.69, 9.17) is 5.73 Å². The van der Waals surface area contributed by atoms with Crippen LogP contribution in [-0.2, 0) is 0 Å². The number of aromatic nitrogens is 2. The molecule has 0 amide bonds. The fourth-order valence-corrected chi connectivity index (χ4v) is 3.84. The second-order valence-corrected chi connectivity index (χ2v) is 6.80. The van der Waals surface area contributed by atoms with Crippen LogP contribution in [0.2, 0.25) is 0 Å². The summed E-state index contributed by atoms with van der Waals surface area (Å²) in [7, 11) is 0. The Morgan fingerprint density at radius 1 is 1.22 bits per heavy atom. The lowest BCUT2D eigenvalue weighted by molar-refractivity contribution is 0.354. The third-order valence-corrected chi connectivity index (χ3v) is 5.29. The monoisotopic (exact) mass is 309 g/mol. The highest BCUT2D eigenvalue weighted by molar-refractivity contribution is 5.68. The number of nitrogens with zero attached hydrogens (tertiary/aromatic N) is 3. The molecule has 1 aromatic carbocycles. The Morgan fingerprint density at radius 2 is 2.09 bits per heavy atom. The minimum Gasteiger partial charge on any atom is -0.368 e. The molecule has 3 heterocycles. The van der Waals surface area contributed by atoms with Crippen LogP contribution in [0.3, 0.4) is 0 Å². The molecule has 3 N–H and O–H groups in total. The summed E-state index contributed by atoms with van der Waals surface area (Å²) >= 11 is 0. The molecule has 0 aliphatic carbocycles. The van der Waals surface area contributed by atoms with Crippen LogP contribution in [0.4, 0.5) is 11.8 Å². The van der Waals surface area contributed by atoms with E-state index in [-0.39, 0.29) is 0 Å². The summed E-state index contributed by atoms with van der Waals surface area (Å²) in [5.41, 5.74) is 10.5. The normalized spacial score (nSPS) is 25.7. The standard InChI is InChI=1S/C18H23N5/c1-11-4-3-5-14(12(11)2)15-8-17(22-18(19)21-15)20-16-10-23-7-6-13(16)9-23/h3-5,8,13,16H,6-7,9-10H2,1-2H3,(H3,19,20,21,22). The molecule has 2 fully saturated rings. The Balaban J connectivity index is 1.64. The molecule has 120 valence electrons. The molecule has 3 unspecified atom stereocenters. The van der Waals surface area contributed by atoms with Gasteiger partial charge in [0.2, 0.25) is 5.95 Å². The first-order valence-corrected chi connectivity index (χ1v) is 8.30. The van der Waals surface area contributed by atoms with Gasteiger partial charge in [-0.25, -0.2) is 4.98 Å². The third kappa shape index (κ3) is 2.65. The lowest BCUT2D eigenvalue weighted by Crippen LogP contribution is -2.34. The van der Waals surface area contributed by atoms with Crippen molar-refractivity contribution in [3.8, 4) is 11.3 Å². The molecule has 2 aliphatic heterocycles. The molecular formula is C18H23N5. The van der Waals surface area contributed by atoms with Gasteiger partial charge in [0.25, 0.3) is 0 Å². The highest BCUT2D eigenvalue weighted by Crippen LogP contribution is 2.31. The molecule has 0 saturated carbocycles. The minimum absolute atomic E-state index is 0.328. The Kier molecular flexibility index (Phi) is 3.45. The van der Waals surface area contributed by atoms with Crippen LogP contribution in [0.1, 0.15) is 17.5 Å². The Hall–Kier alpha value is -2.14. The van der Waals surface area contributed by atoms with Crippen LogP contribution in [0.15, 0.2) is 24.3 Å². The quantitative estimate of drug-likeness (QED) is 0.911. The van der Waals surface area contributed by atoms with E-state index in [0.717, 1.165) is 29.5 Å². The highest BCUT2D eigenvalue weighted by Gasteiger charge is 2.38. The zero-order valence-electron chi connectivity index (χ0n) is 13.7. The predicted molar refractivity (Wildman–Crippen MR) is 93.3 cm³/mol. The number of rotatable bonds is 3. The molecule has 4 rings (SSSR count). The Morgan fingerprint density at radius 3 is 2.83 bits per heavy atom. The lowest BCUT2D eigenvalue weighted by Gasteiger charge is -2.24. The summed E-state index contributed by atoms with van der Waals surface area (Å²) in [6.45, 7) is 7.80. The molecule has 0 spiro atoms. The molecule has 2 bridgehead atoms. The molecule has 1 aromatic heterocycles. The maximum Gasteiger partial charge on any atom is 0.222 e. The van der Waals surface area contributed by atoms with Crippen LogP contribution < -0.4 is 11.1 Å². The summed E-state index contributed by atoms with van der Waals surface area (Å²) < 4.78 is 0. The van der Waals surface area contributed by atoms with Crippen molar-refractivity contribution in [2.24, 2.45) is 5.92 Å². The van der Waals surface area contributed by atoms with Gasteiger partial charge in [0.15, 0.2) is 0 Å². The van der Waals surface area contributed by atoms with E-state index in [1.54, 1.807) is 0 Å². The van der Waals surface area contributed by atoms with Gasteiger partial charge >= 0.3 is 0 Å². The van der Waals surface area contributed by atoms with E-state index in [1.807, 2.05) is 6.07 Å². The number of aryl methyl sites for hydroxylation is 1. The number of piperidine rings is 1. The van der Waals surface area contributed by atoms with Crippen molar-refractivity contribution in [1.82, 2.24) is 14.9 Å². The van der Waals surface area contributed by atoms with Gasteiger partial charge in [0, 0.05) is 30.8 Å². The maximum absolute atomic E-state index is 5.96. The van der Waals surface area contributed by atoms with Gasteiger partial charge in [0.05, 0.1) is 5.69 Å².